The molecule has 0 amide bonds. The second-order valence-electron chi connectivity index (χ2n) is 11.1. The maximum atomic E-state index is 14.0. The molecule has 4 rings (SSSR count). The first-order chi connectivity index (χ1) is 18.9. The fraction of sp³-hybridized carbons (Fsp3) is 0.464. The quantitative estimate of drug-likeness (QED) is 0.231. The number of Topliss-reactive ketones (excluding diaryl/α,β-unsaturated/α-hetero) is 3. The Balaban J connectivity index is 1.94. The molecule has 0 aromatic heterocycles. The lowest BCUT2D eigenvalue weighted by Gasteiger charge is -2.50. The highest BCUT2D eigenvalue weighted by atomic mass is 32.2. The number of anilines is 1. The summed E-state index contributed by atoms with van der Waals surface area (Å²) in [4.78, 5) is 42.9. The number of hydrogen-bond donors (Lipinski definition) is 5. The van der Waals surface area contributed by atoms with Crippen molar-refractivity contribution in [2.24, 2.45) is 11.8 Å². The number of sulfonamides is 1. The van der Waals surface area contributed by atoms with E-state index in [1.165, 1.54) is 4.90 Å². The van der Waals surface area contributed by atoms with E-state index in [-0.39, 0.29) is 36.1 Å². The summed E-state index contributed by atoms with van der Waals surface area (Å²) in [5.74, 6) is -1.17. The molecule has 0 spiro atoms. The lowest BCUT2D eigenvalue weighted by Crippen LogP contribution is -2.65. The second-order valence-corrected chi connectivity index (χ2v) is 12.9. The van der Waals surface area contributed by atoms with Crippen molar-refractivity contribution >= 4 is 38.8 Å². The smallest absolute Gasteiger partial charge is 0.209 e. The van der Waals surface area contributed by atoms with E-state index >= 15 is 0 Å². The van der Waals surface area contributed by atoms with Gasteiger partial charge in [0.25, 0.3) is 0 Å². The van der Waals surface area contributed by atoms with Gasteiger partial charge in [-0.2, -0.15) is 0 Å². The van der Waals surface area contributed by atoms with Gasteiger partial charge < -0.3 is 25.3 Å². The van der Waals surface area contributed by atoms with Crippen LogP contribution in [0.5, 0.6) is 5.75 Å². The van der Waals surface area contributed by atoms with Crippen LogP contribution in [-0.2, 0) is 30.8 Å². The second kappa shape index (κ2) is 10.3. The molecule has 3 aliphatic carbocycles. The Hall–Kier alpha value is -3.70. The number of fused-ring (bicyclic) bond motifs is 3. The normalized spacial score (nSPS) is 25.8. The maximum Gasteiger partial charge on any atom is 0.209 e. The molecule has 0 saturated heterocycles. The third kappa shape index (κ3) is 4.80. The zero-order valence-electron chi connectivity index (χ0n) is 23.6. The molecule has 1 aromatic rings. The number of carbonyl (C=O) groups excluding carboxylic acids is 3. The third-order valence-corrected chi connectivity index (χ3v) is 8.60. The van der Waals surface area contributed by atoms with Gasteiger partial charge >= 0.3 is 0 Å². The third-order valence-electron chi connectivity index (χ3n) is 7.93. The average molecular weight is 588 g/mol. The number of rotatable bonds is 5. The number of nitrogens with zero attached hydrogens (tertiary/aromatic N) is 2. The predicted molar refractivity (Wildman–Crippen MR) is 150 cm³/mol. The maximum absolute atomic E-state index is 14.0. The van der Waals surface area contributed by atoms with Crippen LogP contribution in [0.3, 0.4) is 0 Å². The van der Waals surface area contributed by atoms with E-state index in [0.717, 1.165) is 13.2 Å². The van der Waals surface area contributed by atoms with Crippen LogP contribution < -0.4 is 9.62 Å². The summed E-state index contributed by atoms with van der Waals surface area (Å²) >= 11 is 0. The Kier molecular flexibility index (Phi) is 7.60. The molecule has 0 heterocycles. The van der Waals surface area contributed by atoms with Crippen LogP contribution in [0.4, 0.5) is 5.69 Å². The number of aliphatic hydroxyl groups is 3. The first-order valence-corrected chi connectivity index (χ1v) is 14.7. The number of hydrogen-bond acceptors (Lipinski definition) is 11. The van der Waals surface area contributed by atoms with Crippen LogP contribution in [0, 0.1) is 23.7 Å². The molecule has 1 saturated carbocycles. The minimum absolute atomic E-state index is 0.0112. The van der Waals surface area contributed by atoms with Crippen molar-refractivity contribution in [3.63, 3.8) is 0 Å². The summed E-state index contributed by atoms with van der Waals surface area (Å²) in [5, 5.41) is 45.5. The number of phenolic OH excluding ortho intramolecular Hbond substituents is 1. The van der Waals surface area contributed by atoms with Gasteiger partial charge in [0.15, 0.2) is 17.2 Å². The van der Waals surface area contributed by atoms with E-state index in [4.69, 9.17) is 0 Å². The number of benzene rings is 1. The van der Waals surface area contributed by atoms with Gasteiger partial charge in [-0.05, 0) is 51.4 Å². The molecule has 0 aliphatic heterocycles. The van der Waals surface area contributed by atoms with Crippen LogP contribution >= 0.6 is 0 Å². The molecule has 1 aromatic carbocycles. The van der Waals surface area contributed by atoms with E-state index < -0.39 is 73.7 Å². The molecule has 5 N–H and O–H groups in total. The summed E-state index contributed by atoms with van der Waals surface area (Å²) in [7, 11) is 3.13. The molecule has 0 unspecified atom stereocenters. The average Bonchev–Trinajstić information content (AvgIpc) is 2.83. The first-order valence-electron chi connectivity index (χ1n) is 12.8. The number of likely N-dealkylation sites (N-methyl/N-ethyl adjacent to an activating group) is 1. The van der Waals surface area contributed by atoms with Crippen LogP contribution in [0.15, 0.2) is 23.0 Å². The van der Waals surface area contributed by atoms with Crippen molar-refractivity contribution in [2.75, 3.05) is 45.9 Å². The molecule has 1 fully saturated rings. The molecular weight excluding hydrogens is 554 g/mol. The van der Waals surface area contributed by atoms with Crippen molar-refractivity contribution < 1.29 is 43.2 Å². The SMILES string of the molecule is CC(=O)C1=C(O)[C@@]2(O)C(=O)C3=C(O)c4c(O)c(C#CCNS(C)(=O)=O)cc(N(C)C)c4C[C@H]3C[C@H]2[C@H](N(C)C)C1=O. The van der Waals surface area contributed by atoms with E-state index in [1.54, 1.807) is 39.2 Å². The van der Waals surface area contributed by atoms with Crippen LogP contribution in [0.25, 0.3) is 5.76 Å². The molecule has 4 atom stereocenters. The lowest BCUT2D eigenvalue weighted by molar-refractivity contribution is -0.153. The van der Waals surface area contributed by atoms with Crippen molar-refractivity contribution in [3.05, 3.63) is 39.7 Å². The van der Waals surface area contributed by atoms with Gasteiger partial charge in [0, 0.05) is 31.3 Å². The number of phenols is 1. The zero-order chi connectivity index (χ0) is 30.8. The number of aromatic hydroxyl groups is 1. The molecule has 41 heavy (non-hydrogen) atoms. The highest BCUT2D eigenvalue weighted by Crippen LogP contribution is 2.54. The largest absolute Gasteiger partial charge is 0.508 e. The summed E-state index contributed by atoms with van der Waals surface area (Å²) in [6.45, 7) is 0.822. The van der Waals surface area contributed by atoms with E-state index in [2.05, 4.69) is 16.6 Å². The fourth-order valence-electron chi connectivity index (χ4n) is 6.19. The van der Waals surface area contributed by atoms with Crippen molar-refractivity contribution in [3.8, 4) is 17.6 Å². The molecule has 220 valence electrons. The van der Waals surface area contributed by atoms with E-state index in [0.29, 0.717) is 11.3 Å². The first kappa shape index (κ1) is 30.3. The zero-order valence-corrected chi connectivity index (χ0v) is 24.4. The molecular formula is C28H33N3O9S. The van der Waals surface area contributed by atoms with Crippen LogP contribution in [-0.4, -0.2) is 104 Å². The van der Waals surface area contributed by atoms with Gasteiger partial charge in [0.1, 0.15) is 22.8 Å². The summed E-state index contributed by atoms with van der Waals surface area (Å²) in [5.41, 5.74) is -2.50. The van der Waals surface area contributed by atoms with Gasteiger partial charge in [-0.25, -0.2) is 13.1 Å². The van der Waals surface area contributed by atoms with Crippen molar-refractivity contribution in [1.29, 1.82) is 0 Å². The van der Waals surface area contributed by atoms with E-state index in [1.807, 2.05) is 0 Å². The van der Waals surface area contributed by atoms with Gasteiger partial charge in [-0.3, -0.25) is 19.3 Å². The highest BCUT2D eigenvalue weighted by Gasteiger charge is 2.64. The van der Waals surface area contributed by atoms with Crippen LogP contribution in [0.1, 0.15) is 30.0 Å². The van der Waals surface area contributed by atoms with Gasteiger partial charge in [-0.15, -0.1) is 0 Å². The minimum atomic E-state index is -3.50. The monoisotopic (exact) mass is 587 g/mol. The van der Waals surface area contributed by atoms with E-state index in [9.17, 15) is 43.2 Å². The van der Waals surface area contributed by atoms with Gasteiger partial charge in [-0.1, -0.05) is 11.8 Å². The standard InChI is InChI=1S/C28H33N3O9S/c1-13(32)19-25(35)22(31(4)5)17-11-15-10-16-18(30(2)3)12-14(8-7-9-29-41(6,39)40)23(33)21(16)24(34)20(15)27(37)28(17,38)26(19)36/h12,15,17,22,29,33-34,36,38H,9-11H2,1-6H3/t15-,17-,22-,28+/m0/s1. The molecule has 3 aliphatic rings. The molecule has 0 bridgehead atoms. The molecule has 13 heteroatoms. The Morgan fingerprint density at radius 3 is 2.34 bits per heavy atom. The minimum Gasteiger partial charge on any atom is -0.508 e. The lowest BCUT2D eigenvalue weighted by atomic mass is 9.57. The van der Waals surface area contributed by atoms with Crippen LogP contribution in [0.2, 0.25) is 0 Å². The fourth-order valence-corrected chi connectivity index (χ4v) is 6.53. The predicted octanol–water partition coefficient (Wildman–Crippen LogP) is 0.0344. The highest BCUT2D eigenvalue weighted by molar-refractivity contribution is 7.88. The Labute approximate surface area is 238 Å². The number of carbonyl (C=O) groups is 3. The Bertz CT molecular complexity index is 1610. The Morgan fingerprint density at radius 2 is 1.80 bits per heavy atom. The summed E-state index contributed by atoms with van der Waals surface area (Å²) < 4.78 is 24.9. The number of ketones is 3. The van der Waals surface area contributed by atoms with Crippen molar-refractivity contribution in [1.82, 2.24) is 9.62 Å². The Morgan fingerprint density at radius 1 is 1.17 bits per heavy atom. The summed E-state index contributed by atoms with van der Waals surface area (Å²) in [6.07, 6.45) is 1.14. The number of aliphatic hydroxyl groups excluding tert-OH is 2. The summed E-state index contributed by atoms with van der Waals surface area (Å²) in [6, 6.07) is 0.491. The molecule has 0 radical (unpaired) electrons. The number of nitrogens with one attached hydrogen (secondary N) is 1. The van der Waals surface area contributed by atoms with Gasteiger partial charge in [0.2, 0.25) is 15.8 Å². The van der Waals surface area contributed by atoms with Crippen molar-refractivity contribution in [2.45, 2.75) is 31.4 Å². The molecule has 12 nitrogen and oxygen atoms in total. The topological polar surface area (TPSA) is 185 Å². The van der Waals surface area contributed by atoms with Gasteiger partial charge in [0.05, 0.1) is 30.0 Å².